The molecule has 0 saturated carbocycles. The largest absolute Gasteiger partial charge is 0.396 e. The summed E-state index contributed by atoms with van der Waals surface area (Å²) in [5.74, 6) is -0.0479. The van der Waals surface area contributed by atoms with Gasteiger partial charge in [-0.15, -0.1) is 0 Å². The monoisotopic (exact) mass is 271 g/mol. The Morgan fingerprint density at radius 1 is 1.47 bits per heavy atom. The van der Waals surface area contributed by atoms with Crippen LogP contribution in [0.5, 0.6) is 0 Å². The smallest absolute Gasteiger partial charge is 0.224 e. The van der Waals surface area contributed by atoms with Gasteiger partial charge in [0.15, 0.2) is 0 Å². The molecule has 1 N–H and O–H groups in total. The lowest BCUT2D eigenvalue weighted by Gasteiger charge is -2.17. The molecule has 3 nitrogen and oxygen atoms in total. The highest BCUT2D eigenvalue weighted by Crippen LogP contribution is 2.17. The van der Waals surface area contributed by atoms with Gasteiger partial charge in [-0.05, 0) is 11.6 Å². The van der Waals surface area contributed by atoms with E-state index in [1.54, 1.807) is 11.9 Å². The van der Waals surface area contributed by atoms with Gasteiger partial charge in [0.2, 0.25) is 5.91 Å². The molecule has 0 atom stereocenters. The van der Waals surface area contributed by atoms with Crippen LogP contribution < -0.4 is 0 Å². The molecule has 0 radical (unpaired) electrons. The fourth-order valence-corrected chi connectivity index (χ4v) is 1.67. The lowest BCUT2D eigenvalue weighted by atomic mass is 10.2. The standard InChI is InChI=1S/C11H14BrNO2/c1-13(11(15)6-7-14)8-9-4-2-3-5-10(9)12/h2-5,14H,6-8H2,1H3. The van der Waals surface area contributed by atoms with E-state index in [9.17, 15) is 4.79 Å². The van der Waals surface area contributed by atoms with Crippen LogP contribution in [-0.2, 0) is 11.3 Å². The third-order valence-electron chi connectivity index (χ3n) is 2.12. The van der Waals surface area contributed by atoms with Crippen molar-refractivity contribution in [1.82, 2.24) is 4.90 Å². The molecule has 1 aromatic rings. The van der Waals surface area contributed by atoms with E-state index in [0.717, 1.165) is 10.0 Å². The summed E-state index contributed by atoms with van der Waals surface area (Å²) in [6.07, 6.45) is 0.182. The number of amides is 1. The topological polar surface area (TPSA) is 40.5 Å². The van der Waals surface area contributed by atoms with Crippen molar-refractivity contribution in [1.29, 1.82) is 0 Å². The molecule has 0 bridgehead atoms. The van der Waals surface area contributed by atoms with E-state index in [1.165, 1.54) is 0 Å². The van der Waals surface area contributed by atoms with Crippen LogP contribution in [-0.4, -0.2) is 29.6 Å². The Hall–Kier alpha value is -0.870. The average molecular weight is 272 g/mol. The molecule has 0 aliphatic heterocycles. The number of nitrogens with zero attached hydrogens (tertiary/aromatic N) is 1. The van der Waals surface area contributed by atoms with E-state index in [1.807, 2.05) is 24.3 Å². The van der Waals surface area contributed by atoms with Crippen molar-refractivity contribution in [3.8, 4) is 0 Å². The molecule has 4 heteroatoms. The van der Waals surface area contributed by atoms with E-state index in [4.69, 9.17) is 5.11 Å². The van der Waals surface area contributed by atoms with Crippen LogP contribution in [0.2, 0.25) is 0 Å². The van der Waals surface area contributed by atoms with Crippen molar-refractivity contribution in [2.24, 2.45) is 0 Å². The maximum Gasteiger partial charge on any atom is 0.224 e. The molecular formula is C11H14BrNO2. The van der Waals surface area contributed by atoms with Gasteiger partial charge in [-0.1, -0.05) is 34.1 Å². The highest BCUT2D eigenvalue weighted by Gasteiger charge is 2.09. The Labute approximate surface area is 97.8 Å². The SMILES string of the molecule is CN(Cc1ccccc1Br)C(=O)CCO. The van der Waals surface area contributed by atoms with Crippen molar-refractivity contribution in [3.05, 3.63) is 34.3 Å². The summed E-state index contributed by atoms with van der Waals surface area (Å²) in [6.45, 7) is 0.458. The fraction of sp³-hybridized carbons (Fsp3) is 0.364. The van der Waals surface area contributed by atoms with E-state index >= 15 is 0 Å². The van der Waals surface area contributed by atoms with Gasteiger partial charge in [0.25, 0.3) is 0 Å². The van der Waals surface area contributed by atoms with Gasteiger partial charge in [0.1, 0.15) is 0 Å². The third kappa shape index (κ3) is 3.64. The number of hydrogen-bond donors (Lipinski definition) is 1. The predicted octanol–water partition coefficient (Wildman–Crippen LogP) is 1.79. The molecule has 0 aliphatic rings. The second-order valence-corrected chi connectivity index (χ2v) is 4.17. The second kappa shape index (κ2) is 5.88. The number of carbonyl (C=O) groups is 1. The van der Waals surface area contributed by atoms with E-state index in [0.29, 0.717) is 6.54 Å². The first-order valence-electron chi connectivity index (χ1n) is 4.73. The molecule has 15 heavy (non-hydrogen) atoms. The van der Waals surface area contributed by atoms with Crippen molar-refractivity contribution in [2.75, 3.05) is 13.7 Å². The molecule has 82 valence electrons. The lowest BCUT2D eigenvalue weighted by molar-refractivity contribution is -0.131. The van der Waals surface area contributed by atoms with Gasteiger partial charge in [-0.3, -0.25) is 4.79 Å². The molecule has 0 fully saturated rings. The predicted molar refractivity (Wildman–Crippen MR) is 62.3 cm³/mol. The molecular weight excluding hydrogens is 258 g/mol. The van der Waals surface area contributed by atoms with Crippen LogP contribution in [0.15, 0.2) is 28.7 Å². The summed E-state index contributed by atoms with van der Waals surface area (Å²) in [5, 5.41) is 8.65. The summed E-state index contributed by atoms with van der Waals surface area (Å²) in [4.78, 5) is 13.0. The Morgan fingerprint density at radius 3 is 2.73 bits per heavy atom. The van der Waals surface area contributed by atoms with E-state index in [-0.39, 0.29) is 18.9 Å². The number of aliphatic hydroxyl groups is 1. The van der Waals surface area contributed by atoms with Gasteiger partial charge in [-0.2, -0.15) is 0 Å². The van der Waals surface area contributed by atoms with Crippen LogP contribution >= 0.6 is 15.9 Å². The molecule has 0 spiro atoms. The molecule has 0 aliphatic carbocycles. The quantitative estimate of drug-likeness (QED) is 0.907. The minimum Gasteiger partial charge on any atom is -0.396 e. The highest BCUT2D eigenvalue weighted by molar-refractivity contribution is 9.10. The number of hydrogen-bond acceptors (Lipinski definition) is 2. The van der Waals surface area contributed by atoms with Crippen LogP contribution in [0.25, 0.3) is 0 Å². The maximum atomic E-state index is 11.4. The zero-order valence-electron chi connectivity index (χ0n) is 8.61. The van der Waals surface area contributed by atoms with Gasteiger partial charge < -0.3 is 10.0 Å². The normalized spacial score (nSPS) is 10.1. The van der Waals surface area contributed by atoms with Gasteiger partial charge in [-0.25, -0.2) is 0 Å². The first-order chi connectivity index (χ1) is 7.15. The molecule has 0 saturated heterocycles. The van der Waals surface area contributed by atoms with E-state index < -0.39 is 0 Å². The molecule has 1 aromatic carbocycles. The number of halogens is 1. The molecule has 0 heterocycles. The minimum absolute atomic E-state index is 0.0479. The van der Waals surface area contributed by atoms with Crippen molar-refractivity contribution >= 4 is 21.8 Å². The molecule has 1 amide bonds. The Morgan fingerprint density at radius 2 is 2.13 bits per heavy atom. The number of rotatable bonds is 4. The fourth-order valence-electron chi connectivity index (χ4n) is 1.26. The van der Waals surface area contributed by atoms with Crippen LogP contribution in [0, 0.1) is 0 Å². The van der Waals surface area contributed by atoms with Gasteiger partial charge in [0, 0.05) is 24.5 Å². The lowest BCUT2D eigenvalue weighted by Crippen LogP contribution is -2.26. The second-order valence-electron chi connectivity index (χ2n) is 3.31. The molecule has 0 unspecified atom stereocenters. The van der Waals surface area contributed by atoms with Gasteiger partial charge in [0.05, 0.1) is 6.61 Å². The third-order valence-corrected chi connectivity index (χ3v) is 2.89. The van der Waals surface area contributed by atoms with Crippen molar-refractivity contribution in [2.45, 2.75) is 13.0 Å². The summed E-state index contributed by atoms with van der Waals surface area (Å²) >= 11 is 3.43. The van der Waals surface area contributed by atoms with E-state index in [2.05, 4.69) is 15.9 Å². The summed E-state index contributed by atoms with van der Waals surface area (Å²) in [5.41, 5.74) is 1.06. The number of benzene rings is 1. The first-order valence-corrected chi connectivity index (χ1v) is 5.52. The Balaban J connectivity index is 2.62. The van der Waals surface area contributed by atoms with Crippen molar-refractivity contribution < 1.29 is 9.90 Å². The number of carbonyl (C=O) groups excluding carboxylic acids is 1. The summed E-state index contributed by atoms with van der Waals surface area (Å²) < 4.78 is 0.994. The molecule has 0 aromatic heterocycles. The maximum absolute atomic E-state index is 11.4. The summed E-state index contributed by atoms with van der Waals surface area (Å²) in [6, 6.07) is 7.78. The highest BCUT2D eigenvalue weighted by atomic mass is 79.9. The zero-order chi connectivity index (χ0) is 11.3. The Bertz CT molecular complexity index is 341. The van der Waals surface area contributed by atoms with Crippen LogP contribution in [0.3, 0.4) is 0 Å². The zero-order valence-corrected chi connectivity index (χ0v) is 10.2. The molecule has 1 rings (SSSR count). The van der Waals surface area contributed by atoms with Crippen LogP contribution in [0.4, 0.5) is 0 Å². The minimum atomic E-state index is -0.0981. The number of aliphatic hydroxyl groups excluding tert-OH is 1. The van der Waals surface area contributed by atoms with Gasteiger partial charge >= 0.3 is 0 Å². The summed E-state index contributed by atoms with van der Waals surface area (Å²) in [7, 11) is 1.73. The van der Waals surface area contributed by atoms with Crippen molar-refractivity contribution in [3.63, 3.8) is 0 Å². The first kappa shape index (κ1) is 12.2. The Kier molecular flexibility index (Phi) is 4.78. The van der Waals surface area contributed by atoms with Crippen LogP contribution in [0.1, 0.15) is 12.0 Å². The average Bonchev–Trinajstić information content (AvgIpc) is 2.21.